The Morgan fingerprint density at radius 1 is 1.37 bits per heavy atom. The molecular formula is C14H17N3O2. The molecule has 0 radical (unpaired) electrons. The molecule has 5 heteroatoms. The van der Waals surface area contributed by atoms with Crippen molar-refractivity contribution in [3.05, 3.63) is 35.8 Å². The fourth-order valence-corrected chi connectivity index (χ4v) is 1.88. The third-order valence-electron chi connectivity index (χ3n) is 2.81. The van der Waals surface area contributed by atoms with Crippen LogP contribution in [0.4, 0.5) is 0 Å². The van der Waals surface area contributed by atoms with Crippen LogP contribution in [0.5, 0.6) is 0 Å². The first-order chi connectivity index (χ1) is 9.15. The Kier molecular flexibility index (Phi) is 3.94. The molecule has 0 aliphatic carbocycles. The smallest absolute Gasteiger partial charge is 0.339 e. The van der Waals surface area contributed by atoms with Crippen LogP contribution in [0.25, 0.3) is 11.3 Å². The van der Waals surface area contributed by atoms with E-state index in [1.54, 1.807) is 23.9 Å². The number of ether oxygens (including phenoxy) is 1. The maximum Gasteiger partial charge on any atom is 0.339 e. The third kappa shape index (κ3) is 2.81. The second-order valence-electron chi connectivity index (χ2n) is 4.17. The SMILES string of the molecule is CCOC(=O)c1ccc(-c2cnn(C)c2)nc1CC. The zero-order valence-corrected chi connectivity index (χ0v) is 11.4. The molecule has 2 aromatic heterocycles. The molecular weight excluding hydrogens is 242 g/mol. The van der Waals surface area contributed by atoms with Crippen LogP contribution in [0.1, 0.15) is 29.9 Å². The molecule has 0 amide bonds. The van der Waals surface area contributed by atoms with Crippen molar-refractivity contribution in [2.24, 2.45) is 7.05 Å². The Labute approximate surface area is 112 Å². The Balaban J connectivity index is 2.38. The van der Waals surface area contributed by atoms with Gasteiger partial charge in [-0.1, -0.05) is 6.92 Å². The first-order valence-corrected chi connectivity index (χ1v) is 6.31. The molecule has 0 saturated heterocycles. The number of rotatable bonds is 4. The van der Waals surface area contributed by atoms with Crippen molar-refractivity contribution in [2.75, 3.05) is 6.61 Å². The van der Waals surface area contributed by atoms with E-state index in [9.17, 15) is 4.79 Å². The van der Waals surface area contributed by atoms with Crippen molar-refractivity contribution in [1.82, 2.24) is 14.8 Å². The van der Waals surface area contributed by atoms with E-state index >= 15 is 0 Å². The predicted octanol–water partition coefficient (Wildman–Crippen LogP) is 2.22. The lowest BCUT2D eigenvalue weighted by molar-refractivity contribution is 0.0524. The molecule has 0 saturated carbocycles. The lowest BCUT2D eigenvalue weighted by Gasteiger charge is -2.08. The fraction of sp³-hybridized carbons (Fsp3) is 0.357. The zero-order chi connectivity index (χ0) is 13.8. The highest BCUT2D eigenvalue weighted by Crippen LogP contribution is 2.19. The molecule has 2 heterocycles. The van der Waals surface area contributed by atoms with Gasteiger partial charge in [0.05, 0.1) is 29.8 Å². The van der Waals surface area contributed by atoms with E-state index < -0.39 is 0 Å². The molecule has 2 aromatic rings. The number of aromatic nitrogens is 3. The first-order valence-electron chi connectivity index (χ1n) is 6.31. The van der Waals surface area contributed by atoms with Crippen molar-refractivity contribution in [3.63, 3.8) is 0 Å². The summed E-state index contributed by atoms with van der Waals surface area (Å²) in [6.07, 6.45) is 4.33. The summed E-state index contributed by atoms with van der Waals surface area (Å²) in [5.74, 6) is -0.315. The van der Waals surface area contributed by atoms with Crippen LogP contribution >= 0.6 is 0 Å². The number of nitrogens with zero attached hydrogens (tertiary/aromatic N) is 3. The van der Waals surface area contributed by atoms with Gasteiger partial charge in [0, 0.05) is 18.8 Å². The molecule has 0 fully saturated rings. The number of carbonyl (C=O) groups is 1. The number of aryl methyl sites for hydroxylation is 2. The van der Waals surface area contributed by atoms with Crippen LogP contribution in [0.3, 0.4) is 0 Å². The molecule has 0 unspecified atom stereocenters. The van der Waals surface area contributed by atoms with E-state index in [1.807, 2.05) is 26.2 Å². The molecule has 0 spiro atoms. The lowest BCUT2D eigenvalue weighted by Crippen LogP contribution is -2.09. The molecule has 0 aliphatic heterocycles. The second kappa shape index (κ2) is 5.65. The van der Waals surface area contributed by atoms with Crippen LogP contribution < -0.4 is 0 Å². The number of hydrogen-bond donors (Lipinski definition) is 0. The van der Waals surface area contributed by atoms with Gasteiger partial charge in [-0.05, 0) is 25.5 Å². The highest BCUT2D eigenvalue weighted by atomic mass is 16.5. The lowest BCUT2D eigenvalue weighted by atomic mass is 10.1. The van der Waals surface area contributed by atoms with E-state index in [0.717, 1.165) is 17.0 Å². The minimum Gasteiger partial charge on any atom is -0.462 e. The number of pyridine rings is 1. The summed E-state index contributed by atoms with van der Waals surface area (Å²) in [6, 6.07) is 3.59. The van der Waals surface area contributed by atoms with Gasteiger partial charge in [0.25, 0.3) is 0 Å². The quantitative estimate of drug-likeness (QED) is 0.790. The van der Waals surface area contributed by atoms with E-state index in [0.29, 0.717) is 18.6 Å². The van der Waals surface area contributed by atoms with Gasteiger partial charge in [0.1, 0.15) is 0 Å². The largest absolute Gasteiger partial charge is 0.462 e. The van der Waals surface area contributed by atoms with Gasteiger partial charge in [0.2, 0.25) is 0 Å². The normalized spacial score (nSPS) is 10.5. The van der Waals surface area contributed by atoms with Crippen LogP contribution in [-0.4, -0.2) is 27.3 Å². The molecule has 0 aliphatic rings. The monoisotopic (exact) mass is 259 g/mol. The maximum atomic E-state index is 11.8. The summed E-state index contributed by atoms with van der Waals surface area (Å²) in [6.45, 7) is 4.13. The van der Waals surface area contributed by atoms with Crippen molar-refractivity contribution in [2.45, 2.75) is 20.3 Å². The molecule has 0 aromatic carbocycles. The van der Waals surface area contributed by atoms with Gasteiger partial charge in [-0.3, -0.25) is 9.67 Å². The molecule has 100 valence electrons. The third-order valence-corrected chi connectivity index (χ3v) is 2.81. The van der Waals surface area contributed by atoms with Gasteiger partial charge in [-0.2, -0.15) is 5.10 Å². The van der Waals surface area contributed by atoms with Crippen LogP contribution in [0.15, 0.2) is 24.5 Å². The van der Waals surface area contributed by atoms with Crippen LogP contribution in [-0.2, 0) is 18.2 Å². The minimum absolute atomic E-state index is 0.315. The summed E-state index contributed by atoms with van der Waals surface area (Å²) < 4.78 is 6.75. The topological polar surface area (TPSA) is 57.0 Å². The Morgan fingerprint density at radius 3 is 2.74 bits per heavy atom. The maximum absolute atomic E-state index is 11.8. The van der Waals surface area contributed by atoms with E-state index in [2.05, 4.69) is 10.1 Å². The number of carbonyl (C=O) groups excluding carboxylic acids is 1. The average molecular weight is 259 g/mol. The summed E-state index contributed by atoms with van der Waals surface area (Å²) in [4.78, 5) is 16.3. The molecule has 0 atom stereocenters. The molecule has 0 N–H and O–H groups in total. The molecule has 0 bridgehead atoms. The van der Waals surface area contributed by atoms with E-state index in [1.165, 1.54) is 0 Å². The van der Waals surface area contributed by atoms with Gasteiger partial charge >= 0.3 is 5.97 Å². The molecule has 19 heavy (non-hydrogen) atoms. The van der Waals surface area contributed by atoms with Crippen LogP contribution in [0.2, 0.25) is 0 Å². The minimum atomic E-state index is -0.315. The van der Waals surface area contributed by atoms with Crippen LogP contribution in [0, 0.1) is 0 Å². The van der Waals surface area contributed by atoms with E-state index in [-0.39, 0.29) is 5.97 Å². The summed E-state index contributed by atoms with van der Waals surface area (Å²) in [5, 5.41) is 4.12. The highest BCUT2D eigenvalue weighted by Gasteiger charge is 2.14. The first kappa shape index (κ1) is 13.3. The van der Waals surface area contributed by atoms with Gasteiger partial charge in [-0.15, -0.1) is 0 Å². The van der Waals surface area contributed by atoms with E-state index in [4.69, 9.17) is 4.74 Å². The van der Waals surface area contributed by atoms with Gasteiger partial charge in [-0.25, -0.2) is 4.79 Å². The fourth-order valence-electron chi connectivity index (χ4n) is 1.88. The van der Waals surface area contributed by atoms with Gasteiger partial charge in [0.15, 0.2) is 0 Å². The Bertz CT molecular complexity index is 590. The Hall–Kier alpha value is -2.17. The standard InChI is InChI=1S/C14H17N3O2/c1-4-12-11(14(18)19-5-2)6-7-13(16-12)10-8-15-17(3)9-10/h6-9H,4-5H2,1-3H3. The summed E-state index contributed by atoms with van der Waals surface area (Å²) >= 11 is 0. The summed E-state index contributed by atoms with van der Waals surface area (Å²) in [5.41, 5.74) is 3.04. The van der Waals surface area contributed by atoms with Crippen molar-refractivity contribution in [3.8, 4) is 11.3 Å². The zero-order valence-electron chi connectivity index (χ0n) is 11.4. The molecule has 2 rings (SSSR count). The van der Waals surface area contributed by atoms with Crippen molar-refractivity contribution in [1.29, 1.82) is 0 Å². The predicted molar refractivity (Wildman–Crippen MR) is 71.8 cm³/mol. The number of hydrogen-bond acceptors (Lipinski definition) is 4. The molecule has 5 nitrogen and oxygen atoms in total. The van der Waals surface area contributed by atoms with Crippen molar-refractivity contribution >= 4 is 5.97 Å². The second-order valence-corrected chi connectivity index (χ2v) is 4.17. The van der Waals surface area contributed by atoms with Crippen molar-refractivity contribution < 1.29 is 9.53 Å². The highest BCUT2D eigenvalue weighted by molar-refractivity contribution is 5.91. The Morgan fingerprint density at radius 2 is 2.16 bits per heavy atom. The average Bonchev–Trinajstić information content (AvgIpc) is 2.85. The number of esters is 1. The summed E-state index contributed by atoms with van der Waals surface area (Å²) in [7, 11) is 1.86. The van der Waals surface area contributed by atoms with Gasteiger partial charge < -0.3 is 4.74 Å².